The van der Waals surface area contributed by atoms with Crippen LogP contribution >= 0.6 is 0 Å². The molecule has 1 aliphatic heterocycles. The van der Waals surface area contributed by atoms with E-state index in [2.05, 4.69) is 5.32 Å². The molecular weight excluding hydrogens is 380 g/mol. The minimum atomic E-state index is -0.614. The van der Waals surface area contributed by atoms with Crippen LogP contribution in [0, 0.1) is 5.41 Å². The zero-order valence-electron chi connectivity index (χ0n) is 18.3. The molecule has 1 aliphatic rings. The van der Waals surface area contributed by atoms with Crippen LogP contribution in [-0.4, -0.2) is 31.1 Å². The lowest BCUT2D eigenvalue weighted by atomic mass is 9.93. The Morgan fingerprint density at radius 3 is 2.53 bits per heavy atom. The standard InChI is InChI=1S/C24H30N2O4/c1-6-13-26-20-14-18(9-12-21(20)29-15-24(4,5)23(26)28)25-22(27)17-7-10-19(11-8-17)30-16(2)3/h7-12,14,16H,6,13,15H2,1-5H3,(H,25,27). The van der Waals surface area contributed by atoms with Crippen molar-refractivity contribution in [1.29, 1.82) is 0 Å². The van der Waals surface area contributed by atoms with Crippen molar-refractivity contribution in [3.8, 4) is 11.5 Å². The molecule has 0 radical (unpaired) electrons. The minimum Gasteiger partial charge on any atom is -0.491 e. The first-order chi connectivity index (χ1) is 14.2. The summed E-state index contributed by atoms with van der Waals surface area (Å²) in [5, 5.41) is 2.91. The Labute approximate surface area is 178 Å². The van der Waals surface area contributed by atoms with Gasteiger partial charge in [0.1, 0.15) is 18.1 Å². The lowest BCUT2D eigenvalue weighted by Gasteiger charge is -2.27. The van der Waals surface area contributed by atoms with Gasteiger partial charge in [-0.05, 0) is 76.6 Å². The van der Waals surface area contributed by atoms with Gasteiger partial charge in [0.2, 0.25) is 5.91 Å². The predicted molar refractivity (Wildman–Crippen MR) is 119 cm³/mol. The second kappa shape index (κ2) is 8.78. The van der Waals surface area contributed by atoms with Gasteiger partial charge in [0, 0.05) is 17.8 Å². The van der Waals surface area contributed by atoms with Crippen molar-refractivity contribution < 1.29 is 19.1 Å². The molecule has 0 unspecified atom stereocenters. The minimum absolute atomic E-state index is 0.0207. The highest BCUT2D eigenvalue weighted by Crippen LogP contribution is 2.38. The highest BCUT2D eigenvalue weighted by atomic mass is 16.5. The molecule has 2 aromatic rings. The van der Waals surface area contributed by atoms with E-state index >= 15 is 0 Å². The van der Waals surface area contributed by atoms with E-state index in [1.165, 1.54) is 0 Å². The molecule has 0 saturated carbocycles. The van der Waals surface area contributed by atoms with Crippen molar-refractivity contribution in [2.45, 2.75) is 47.1 Å². The van der Waals surface area contributed by atoms with Crippen LogP contribution in [0.1, 0.15) is 51.4 Å². The number of rotatable bonds is 6. The van der Waals surface area contributed by atoms with Crippen LogP contribution in [0.25, 0.3) is 0 Å². The van der Waals surface area contributed by atoms with Gasteiger partial charge < -0.3 is 19.7 Å². The molecule has 0 aromatic heterocycles. The Bertz CT molecular complexity index is 919. The number of hydrogen-bond acceptors (Lipinski definition) is 4. The molecule has 1 heterocycles. The van der Waals surface area contributed by atoms with Gasteiger partial charge >= 0.3 is 0 Å². The van der Waals surface area contributed by atoms with E-state index in [1.54, 1.807) is 41.3 Å². The summed E-state index contributed by atoms with van der Waals surface area (Å²) in [6.45, 7) is 10.6. The number of benzene rings is 2. The number of carbonyl (C=O) groups excluding carboxylic acids is 2. The fraction of sp³-hybridized carbons (Fsp3) is 0.417. The normalized spacial score (nSPS) is 15.3. The van der Waals surface area contributed by atoms with Gasteiger partial charge in [-0.3, -0.25) is 9.59 Å². The number of carbonyl (C=O) groups is 2. The topological polar surface area (TPSA) is 67.9 Å². The zero-order valence-corrected chi connectivity index (χ0v) is 18.3. The second-order valence-corrected chi connectivity index (χ2v) is 8.46. The molecule has 0 atom stereocenters. The summed E-state index contributed by atoms with van der Waals surface area (Å²) in [5.41, 5.74) is 1.21. The van der Waals surface area contributed by atoms with Crippen molar-refractivity contribution in [3.63, 3.8) is 0 Å². The van der Waals surface area contributed by atoms with E-state index in [0.717, 1.165) is 12.2 Å². The molecule has 0 spiro atoms. The van der Waals surface area contributed by atoms with Gasteiger partial charge in [0.15, 0.2) is 0 Å². The number of anilines is 2. The molecule has 1 N–H and O–H groups in total. The average Bonchev–Trinajstić information content (AvgIpc) is 2.78. The smallest absolute Gasteiger partial charge is 0.255 e. The Balaban J connectivity index is 1.82. The quantitative estimate of drug-likeness (QED) is 0.736. The highest BCUT2D eigenvalue weighted by Gasteiger charge is 2.37. The monoisotopic (exact) mass is 410 g/mol. The SMILES string of the molecule is CCCN1C(=O)C(C)(C)COc2ccc(NC(=O)c3ccc(OC(C)C)cc3)cc21. The average molecular weight is 411 g/mol. The van der Waals surface area contributed by atoms with Crippen LogP contribution in [0.15, 0.2) is 42.5 Å². The maximum absolute atomic E-state index is 13.0. The predicted octanol–water partition coefficient (Wildman–Crippen LogP) is 4.89. The molecule has 3 rings (SSSR count). The molecule has 2 amide bonds. The van der Waals surface area contributed by atoms with Crippen molar-refractivity contribution in [3.05, 3.63) is 48.0 Å². The lowest BCUT2D eigenvalue weighted by molar-refractivity contribution is -0.127. The van der Waals surface area contributed by atoms with Crippen molar-refractivity contribution in [2.24, 2.45) is 5.41 Å². The molecule has 0 bridgehead atoms. The molecular formula is C24H30N2O4. The van der Waals surface area contributed by atoms with Crippen molar-refractivity contribution in [1.82, 2.24) is 0 Å². The second-order valence-electron chi connectivity index (χ2n) is 8.46. The van der Waals surface area contributed by atoms with Crippen molar-refractivity contribution in [2.75, 3.05) is 23.4 Å². The van der Waals surface area contributed by atoms with E-state index in [0.29, 0.717) is 35.8 Å². The molecule has 0 saturated heterocycles. The van der Waals surface area contributed by atoms with Crippen molar-refractivity contribution >= 4 is 23.2 Å². The largest absolute Gasteiger partial charge is 0.491 e. The Hall–Kier alpha value is -3.02. The van der Waals surface area contributed by atoms with Crippen LogP contribution in [0.2, 0.25) is 0 Å². The van der Waals surface area contributed by atoms with E-state index in [4.69, 9.17) is 9.47 Å². The number of hydrogen-bond donors (Lipinski definition) is 1. The first-order valence-corrected chi connectivity index (χ1v) is 10.4. The molecule has 6 nitrogen and oxygen atoms in total. The van der Waals surface area contributed by atoms with Crippen LogP contribution in [0.5, 0.6) is 11.5 Å². The molecule has 160 valence electrons. The van der Waals surface area contributed by atoms with Crippen LogP contribution in [0.4, 0.5) is 11.4 Å². The molecule has 0 fully saturated rings. The number of amides is 2. The Morgan fingerprint density at radius 1 is 1.20 bits per heavy atom. The number of fused-ring (bicyclic) bond motifs is 1. The van der Waals surface area contributed by atoms with Gasteiger partial charge in [-0.15, -0.1) is 0 Å². The maximum atomic E-state index is 13.0. The van der Waals surface area contributed by atoms with E-state index in [-0.39, 0.29) is 17.9 Å². The van der Waals surface area contributed by atoms with Crippen LogP contribution < -0.4 is 19.7 Å². The van der Waals surface area contributed by atoms with E-state index in [9.17, 15) is 9.59 Å². The summed E-state index contributed by atoms with van der Waals surface area (Å²) in [4.78, 5) is 27.5. The lowest BCUT2D eigenvalue weighted by Crippen LogP contribution is -2.42. The number of nitrogens with one attached hydrogen (secondary N) is 1. The molecule has 6 heteroatoms. The van der Waals surface area contributed by atoms with Gasteiger partial charge in [-0.2, -0.15) is 0 Å². The fourth-order valence-electron chi connectivity index (χ4n) is 3.33. The molecule has 2 aromatic carbocycles. The van der Waals surface area contributed by atoms with E-state index < -0.39 is 5.41 Å². The molecule has 0 aliphatic carbocycles. The summed E-state index contributed by atoms with van der Waals surface area (Å²) in [6, 6.07) is 12.4. The van der Waals surface area contributed by atoms with E-state index in [1.807, 2.05) is 40.7 Å². The number of ether oxygens (including phenoxy) is 2. The first kappa shape index (κ1) is 21.7. The maximum Gasteiger partial charge on any atom is 0.255 e. The third-order valence-corrected chi connectivity index (χ3v) is 4.86. The highest BCUT2D eigenvalue weighted by molar-refractivity contribution is 6.05. The summed E-state index contributed by atoms with van der Waals surface area (Å²) in [6.07, 6.45) is 0.896. The molecule has 30 heavy (non-hydrogen) atoms. The van der Waals surface area contributed by atoms with Gasteiger partial charge in [-0.25, -0.2) is 0 Å². The van der Waals surface area contributed by atoms with Gasteiger partial charge in [0.05, 0.1) is 17.2 Å². The van der Waals surface area contributed by atoms with Crippen LogP contribution in [0.3, 0.4) is 0 Å². The Morgan fingerprint density at radius 2 is 1.90 bits per heavy atom. The summed E-state index contributed by atoms with van der Waals surface area (Å²) in [5.74, 6) is 1.16. The number of nitrogens with zero attached hydrogens (tertiary/aromatic N) is 1. The van der Waals surface area contributed by atoms with Gasteiger partial charge in [-0.1, -0.05) is 6.92 Å². The zero-order chi connectivity index (χ0) is 21.9. The summed E-state index contributed by atoms with van der Waals surface area (Å²) in [7, 11) is 0. The third kappa shape index (κ3) is 4.75. The van der Waals surface area contributed by atoms with Gasteiger partial charge in [0.25, 0.3) is 5.91 Å². The van der Waals surface area contributed by atoms with Crippen LogP contribution in [-0.2, 0) is 4.79 Å². The third-order valence-electron chi connectivity index (χ3n) is 4.86. The summed E-state index contributed by atoms with van der Waals surface area (Å²) < 4.78 is 11.5. The summed E-state index contributed by atoms with van der Waals surface area (Å²) >= 11 is 0. The fourth-order valence-corrected chi connectivity index (χ4v) is 3.33. The first-order valence-electron chi connectivity index (χ1n) is 10.4. The Kier molecular flexibility index (Phi) is 6.34.